The molecule has 0 aromatic heterocycles. The van der Waals surface area contributed by atoms with Gasteiger partial charge in [0.2, 0.25) is 0 Å². The van der Waals surface area contributed by atoms with Crippen LogP contribution in [-0.4, -0.2) is 26.4 Å². The van der Waals surface area contributed by atoms with Gasteiger partial charge in [-0.25, -0.2) is 0 Å². The summed E-state index contributed by atoms with van der Waals surface area (Å²) in [7, 11) is -0.290. The summed E-state index contributed by atoms with van der Waals surface area (Å²) in [6, 6.07) is 0. The number of hydrogen-bond acceptors (Lipinski definition) is 4. The summed E-state index contributed by atoms with van der Waals surface area (Å²) in [6.45, 7) is 4.52. The fourth-order valence-electron chi connectivity index (χ4n) is 0.554. The Morgan fingerprint density at radius 1 is 1.42 bits per heavy atom. The van der Waals surface area contributed by atoms with Crippen LogP contribution in [0.3, 0.4) is 0 Å². The highest BCUT2D eigenvalue weighted by molar-refractivity contribution is 7.33. The topological polar surface area (TPSA) is 44.8 Å². The first kappa shape index (κ1) is 12.0. The van der Waals surface area contributed by atoms with E-state index in [9.17, 15) is 4.57 Å². The highest BCUT2D eigenvalue weighted by atomic mass is 31.1. The zero-order chi connectivity index (χ0) is 9.40. The van der Waals surface area contributed by atoms with Crippen molar-refractivity contribution in [2.45, 2.75) is 26.4 Å². The van der Waals surface area contributed by atoms with Crippen molar-refractivity contribution in [1.29, 1.82) is 0 Å². The Bertz CT molecular complexity index is 129. The molecule has 0 rings (SSSR count). The Hall–Kier alpha value is -0.0200. The summed E-state index contributed by atoms with van der Waals surface area (Å²) in [5.41, 5.74) is 0. The average Bonchev–Trinajstić information content (AvgIpc) is 2.04. The average molecular weight is 195 g/mol. The second-order valence-corrected chi connectivity index (χ2v) is 3.27. The first-order valence-electron chi connectivity index (χ1n) is 3.96. The molecule has 5 heteroatoms. The van der Waals surface area contributed by atoms with Crippen LogP contribution in [0, 0.1) is 0 Å². The first-order chi connectivity index (χ1) is 5.70. The lowest BCUT2D eigenvalue weighted by Gasteiger charge is -2.04. The fraction of sp³-hybridized carbons (Fsp3) is 1.00. The Morgan fingerprint density at radius 3 is 2.58 bits per heavy atom. The molecule has 0 bridgehead atoms. The van der Waals surface area contributed by atoms with E-state index in [4.69, 9.17) is 13.8 Å². The molecule has 0 N–H and O–H groups in total. The third-order valence-corrected chi connectivity index (χ3v) is 2.22. The SMILES string of the molecule is CCO[P+](=O)OCCC(C)OC. The van der Waals surface area contributed by atoms with Gasteiger partial charge in [0.1, 0.15) is 13.2 Å². The van der Waals surface area contributed by atoms with E-state index in [1.54, 1.807) is 14.0 Å². The normalized spacial score (nSPS) is 14.4. The Balaban J connectivity index is 3.24. The number of ether oxygens (including phenoxy) is 1. The van der Waals surface area contributed by atoms with E-state index in [-0.39, 0.29) is 6.10 Å². The van der Waals surface area contributed by atoms with Gasteiger partial charge in [-0.3, -0.25) is 0 Å². The van der Waals surface area contributed by atoms with Crippen molar-refractivity contribution >= 4 is 8.25 Å². The molecule has 0 heterocycles. The molecule has 12 heavy (non-hydrogen) atoms. The lowest BCUT2D eigenvalue weighted by atomic mass is 10.3. The van der Waals surface area contributed by atoms with Crippen LogP contribution >= 0.6 is 8.25 Å². The summed E-state index contributed by atoms with van der Waals surface area (Å²) in [4.78, 5) is 0. The predicted octanol–water partition coefficient (Wildman–Crippen LogP) is 2.12. The molecule has 0 saturated carbocycles. The van der Waals surface area contributed by atoms with Crippen molar-refractivity contribution in [3.8, 4) is 0 Å². The van der Waals surface area contributed by atoms with Gasteiger partial charge in [-0.1, -0.05) is 0 Å². The molecule has 0 amide bonds. The van der Waals surface area contributed by atoms with E-state index in [1.165, 1.54) is 0 Å². The van der Waals surface area contributed by atoms with Crippen LogP contribution < -0.4 is 0 Å². The van der Waals surface area contributed by atoms with E-state index in [0.717, 1.165) is 6.42 Å². The Morgan fingerprint density at radius 2 is 2.08 bits per heavy atom. The van der Waals surface area contributed by atoms with Crippen molar-refractivity contribution < 1.29 is 18.3 Å². The number of methoxy groups -OCH3 is 1. The molecule has 0 aromatic rings. The van der Waals surface area contributed by atoms with Gasteiger partial charge in [-0.05, 0) is 13.8 Å². The highest BCUT2D eigenvalue weighted by Crippen LogP contribution is 2.23. The lowest BCUT2D eigenvalue weighted by molar-refractivity contribution is 0.0934. The summed E-state index contributed by atoms with van der Waals surface area (Å²) in [5, 5.41) is 0. The van der Waals surface area contributed by atoms with Gasteiger partial charge in [0.25, 0.3) is 0 Å². The van der Waals surface area contributed by atoms with Gasteiger partial charge in [-0.15, -0.1) is 9.05 Å². The van der Waals surface area contributed by atoms with Crippen LogP contribution in [0.2, 0.25) is 0 Å². The molecule has 0 saturated heterocycles. The van der Waals surface area contributed by atoms with E-state index in [0.29, 0.717) is 13.2 Å². The van der Waals surface area contributed by atoms with Crippen molar-refractivity contribution in [3.05, 3.63) is 0 Å². The molecule has 0 aliphatic carbocycles. The van der Waals surface area contributed by atoms with Gasteiger partial charge in [-0.2, -0.15) is 0 Å². The smallest absolute Gasteiger partial charge is 0.382 e. The summed E-state index contributed by atoms with van der Waals surface area (Å²) >= 11 is 0. The molecule has 2 atom stereocenters. The minimum absolute atomic E-state index is 0.134. The maximum absolute atomic E-state index is 10.8. The molecule has 0 radical (unpaired) electrons. The van der Waals surface area contributed by atoms with Gasteiger partial charge >= 0.3 is 8.25 Å². The number of hydrogen-bond donors (Lipinski definition) is 0. The Kier molecular flexibility index (Phi) is 7.61. The molecule has 0 fully saturated rings. The molecule has 2 unspecified atom stereocenters. The van der Waals surface area contributed by atoms with Crippen LogP contribution in [0.5, 0.6) is 0 Å². The monoisotopic (exact) mass is 195 g/mol. The van der Waals surface area contributed by atoms with Crippen molar-refractivity contribution in [3.63, 3.8) is 0 Å². The van der Waals surface area contributed by atoms with Crippen LogP contribution in [0.15, 0.2) is 0 Å². The van der Waals surface area contributed by atoms with Crippen LogP contribution in [0.25, 0.3) is 0 Å². The zero-order valence-electron chi connectivity index (χ0n) is 7.78. The van der Waals surface area contributed by atoms with Crippen LogP contribution in [0.4, 0.5) is 0 Å². The van der Waals surface area contributed by atoms with Crippen molar-refractivity contribution in [1.82, 2.24) is 0 Å². The predicted molar refractivity (Wildman–Crippen MR) is 46.3 cm³/mol. The standard InChI is InChI=1S/C7H16O4P/c1-4-10-12(8)11-6-5-7(2)9-3/h7H,4-6H2,1-3H3/q+1. The lowest BCUT2D eigenvalue weighted by Crippen LogP contribution is -2.07. The van der Waals surface area contributed by atoms with Gasteiger partial charge < -0.3 is 4.74 Å². The summed E-state index contributed by atoms with van der Waals surface area (Å²) in [5.74, 6) is 0. The second kappa shape index (κ2) is 7.62. The van der Waals surface area contributed by atoms with Crippen molar-refractivity contribution in [2.24, 2.45) is 0 Å². The van der Waals surface area contributed by atoms with E-state index >= 15 is 0 Å². The zero-order valence-corrected chi connectivity index (χ0v) is 8.67. The largest absolute Gasteiger partial charge is 0.697 e. The van der Waals surface area contributed by atoms with Gasteiger partial charge in [0.15, 0.2) is 0 Å². The third kappa shape index (κ3) is 6.68. The minimum Gasteiger partial charge on any atom is -0.382 e. The Labute approximate surface area is 74.1 Å². The fourth-order valence-corrected chi connectivity index (χ4v) is 1.09. The molecule has 0 aliphatic heterocycles. The van der Waals surface area contributed by atoms with Gasteiger partial charge in [0, 0.05) is 18.1 Å². The van der Waals surface area contributed by atoms with Crippen LogP contribution in [0.1, 0.15) is 20.3 Å². The quantitative estimate of drug-likeness (QED) is 0.583. The molecule has 0 aromatic carbocycles. The summed E-state index contributed by atoms with van der Waals surface area (Å²) in [6.07, 6.45) is 0.861. The van der Waals surface area contributed by atoms with E-state index in [2.05, 4.69) is 0 Å². The minimum atomic E-state index is -1.92. The highest BCUT2D eigenvalue weighted by Gasteiger charge is 2.18. The summed E-state index contributed by atoms with van der Waals surface area (Å²) < 4.78 is 25.3. The molecule has 0 aliphatic rings. The maximum atomic E-state index is 10.8. The third-order valence-electron chi connectivity index (χ3n) is 1.36. The molecule has 4 nitrogen and oxygen atoms in total. The molecular formula is C7H16O4P+. The molecule has 72 valence electrons. The second-order valence-electron chi connectivity index (χ2n) is 2.31. The van der Waals surface area contributed by atoms with Crippen molar-refractivity contribution in [2.75, 3.05) is 20.3 Å². The van der Waals surface area contributed by atoms with Crippen LogP contribution in [-0.2, 0) is 18.3 Å². The van der Waals surface area contributed by atoms with Gasteiger partial charge in [0.05, 0.1) is 6.10 Å². The maximum Gasteiger partial charge on any atom is 0.697 e. The molecular weight excluding hydrogens is 179 g/mol. The van der Waals surface area contributed by atoms with E-state index in [1.807, 2.05) is 6.92 Å². The first-order valence-corrected chi connectivity index (χ1v) is 5.06. The van der Waals surface area contributed by atoms with E-state index < -0.39 is 8.25 Å². The molecule has 0 spiro atoms. The number of rotatable bonds is 7.